The predicted octanol–water partition coefficient (Wildman–Crippen LogP) is 2.95. The largest absolute Gasteiger partial charge is 0.322 e. The number of anilines is 2. The van der Waals surface area contributed by atoms with Gasteiger partial charge in [0.05, 0.1) is 11.9 Å². The molecular formula is C17H20N2O3S. The summed E-state index contributed by atoms with van der Waals surface area (Å²) in [6.45, 7) is 3.94. The molecule has 0 aliphatic carbocycles. The molecule has 0 heterocycles. The molecule has 0 aromatic heterocycles. The Morgan fingerprint density at radius 3 is 2.35 bits per heavy atom. The van der Waals surface area contributed by atoms with Gasteiger partial charge in [0.1, 0.15) is 0 Å². The monoisotopic (exact) mass is 332 g/mol. The van der Waals surface area contributed by atoms with Crippen molar-refractivity contribution >= 4 is 27.3 Å². The van der Waals surface area contributed by atoms with Gasteiger partial charge in [0.25, 0.3) is 5.91 Å². The number of hydrogen-bond acceptors (Lipinski definition) is 3. The second-order valence-electron chi connectivity index (χ2n) is 5.53. The van der Waals surface area contributed by atoms with Crippen LogP contribution in [0, 0.1) is 13.8 Å². The first-order chi connectivity index (χ1) is 10.7. The molecule has 122 valence electrons. The van der Waals surface area contributed by atoms with Crippen LogP contribution in [0.2, 0.25) is 0 Å². The van der Waals surface area contributed by atoms with Gasteiger partial charge in [0, 0.05) is 18.3 Å². The second-order valence-corrected chi connectivity index (χ2v) is 7.55. The number of rotatable bonds is 4. The van der Waals surface area contributed by atoms with Gasteiger partial charge in [-0.15, -0.1) is 0 Å². The van der Waals surface area contributed by atoms with Crippen molar-refractivity contribution in [2.75, 3.05) is 22.9 Å². The van der Waals surface area contributed by atoms with Gasteiger partial charge in [0.15, 0.2) is 0 Å². The number of carbonyl (C=O) groups excluding carboxylic acids is 1. The standard InChI is InChI=1S/C17H20N2O3S/c1-12-8-9-14(10-13(12)2)17(20)18-15-6-5-7-16(11-15)19(3)23(4,21)22/h5-11H,1-4H3,(H,18,20). The van der Waals surface area contributed by atoms with Crippen LogP contribution in [0.3, 0.4) is 0 Å². The molecule has 0 bridgehead atoms. The molecule has 1 N–H and O–H groups in total. The highest BCUT2D eigenvalue weighted by atomic mass is 32.2. The van der Waals surface area contributed by atoms with Crippen LogP contribution in [0.25, 0.3) is 0 Å². The highest BCUT2D eigenvalue weighted by molar-refractivity contribution is 7.92. The highest BCUT2D eigenvalue weighted by Gasteiger charge is 2.13. The molecule has 2 aromatic rings. The molecule has 1 amide bonds. The number of hydrogen-bond donors (Lipinski definition) is 1. The summed E-state index contributed by atoms with van der Waals surface area (Å²) < 4.78 is 24.4. The highest BCUT2D eigenvalue weighted by Crippen LogP contribution is 2.21. The van der Waals surface area contributed by atoms with Gasteiger partial charge in [-0.3, -0.25) is 9.10 Å². The zero-order valence-corrected chi connectivity index (χ0v) is 14.4. The molecule has 0 saturated carbocycles. The Morgan fingerprint density at radius 1 is 1.04 bits per heavy atom. The third kappa shape index (κ3) is 4.10. The maximum Gasteiger partial charge on any atom is 0.255 e. The molecule has 0 aliphatic rings. The first kappa shape index (κ1) is 17.0. The lowest BCUT2D eigenvalue weighted by Gasteiger charge is -2.17. The summed E-state index contributed by atoms with van der Waals surface area (Å²) in [6.07, 6.45) is 1.13. The lowest BCUT2D eigenvalue weighted by atomic mass is 10.1. The van der Waals surface area contributed by atoms with Crippen molar-refractivity contribution < 1.29 is 13.2 Å². The summed E-state index contributed by atoms with van der Waals surface area (Å²) >= 11 is 0. The van der Waals surface area contributed by atoms with E-state index in [4.69, 9.17) is 0 Å². The molecular weight excluding hydrogens is 312 g/mol. The van der Waals surface area contributed by atoms with E-state index in [0.29, 0.717) is 16.9 Å². The average molecular weight is 332 g/mol. The van der Waals surface area contributed by atoms with Crippen molar-refractivity contribution in [3.8, 4) is 0 Å². The smallest absolute Gasteiger partial charge is 0.255 e. The second kappa shape index (κ2) is 6.42. The van der Waals surface area contributed by atoms with E-state index in [1.807, 2.05) is 26.0 Å². The maximum atomic E-state index is 12.3. The first-order valence-corrected chi connectivity index (χ1v) is 8.96. The Labute approximate surface area is 137 Å². The lowest BCUT2D eigenvalue weighted by Crippen LogP contribution is -2.24. The Kier molecular flexibility index (Phi) is 4.75. The van der Waals surface area contributed by atoms with E-state index < -0.39 is 10.0 Å². The Hall–Kier alpha value is -2.34. The van der Waals surface area contributed by atoms with Crippen molar-refractivity contribution in [2.24, 2.45) is 0 Å². The number of nitrogens with one attached hydrogen (secondary N) is 1. The molecule has 0 atom stereocenters. The van der Waals surface area contributed by atoms with Gasteiger partial charge < -0.3 is 5.32 Å². The van der Waals surface area contributed by atoms with Crippen LogP contribution in [0.1, 0.15) is 21.5 Å². The van der Waals surface area contributed by atoms with Gasteiger partial charge in [-0.1, -0.05) is 12.1 Å². The Bertz CT molecular complexity index is 845. The van der Waals surface area contributed by atoms with Crippen LogP contribution in [-0.2, 0) is 10.0 Å². The lowest BCUT2D eigenvalue weighted by molar-refractivity contribution is 0.102. The van der Waals surface area contributed by atoms with E-state index in [9.17, 15) is 13.2 Å². The molecule has 6 heteroatoms. The molecule has 0 spiro atoms. The molecule has 2 aromatic carbocycles. The number of benzene rings is 2. The van der Waals surface area contributed by atoms with Crippen molar-refractivity contribution in [1.29, 1.82) is 0 Å². The zero-order valence-electron chi connectivity index (χ0n) is 13.6. The van der Waals surface area contributed by atoms with Crippen molar-refractivity contribution in [2.45, 2.75) is 13.8 Å². The van der Waals surface area contributed by atoms with E-state index in [0.717, 1.165) is 17.4 Å². The van der Waals surface area contributed by atoms with E-state index in [-0.39, 0.29) is 5.91 Å². The summed E-state index contributed by atoms with van der Waals surface area (Å²) in [4.78, 5) is 12.3. The molecule has 0 saturated heterocycles. The van der Waals surface area contributed by atoms with Crippen LogP contribution in [0.15, 0.2) is 42.5 Å². The maximum absolute atomic E-state index is 12.3. The first-order valence-electron chi connectivity index (χ1n) is 7.11. The van der Waals surface area contributed by atoms with E-state index in [1.54, 1.807) is 30.3 Å². The van der Waals surface area contributed by atoms with Gasteiger partial charge >= 0.3 is 0 Å². The van der Waals surface area contributed by atoms with E-state index >= 15 is 0 Å². The Balaban J connectivity index is 2.23. The van der Waals surface area contributed by atoms with Crippen molar-refractivity contribution in [3.63, 3.8) is 0 Å². The van der Waals surface area contributed by atoms with Gasteiger partial charge in [-0.25, -0.2) is 8.42 Å². The average Bonchev–Trinajstić information content (AvgIpc) is 2.48. The molecule has 0 fully saturated rings. The molecule has 0 aliphatic heterocycles. The van der Waals surface area contributed by atoms with Crippen molar-refractivity contribution in [1.82, 2.24) is 0 Å². The fourth-order valence-corrected chi connectivity index (χ4v) is 2.55. The quantitative estimate of drug-likeness (QED) is 0.936. The number of amides is 1. The fourth-order valence-electron chi connectivity index (χ4n) is 2.06. The molecule has 5 nitrogen and oxygen atoms in total. The molecule has 0 radical (unpaired) electrons. The predicted molar refractivity (Wildman–Crippen MR) is 93.6 cm³/mol. The summed E-state index contributed by atoms with van der Waals surface area (Å²) in [7, 11) is -1.87. The van der Waals surface area contributed by atoms with Crippen LogP contribution in [0.4, 0.5) is 11.4 Å². The number of sulfonamides is 1. The van der Waals surface area contributed by atoms with Crippen LogP contribution >= 0.6 is 0 Å². The minimum atomic E-state index is -3.34. The molecule has 23 heavy (non-hydrogen) atoms. The SMILES string of the molecule is Cc1ccc(C(=O)Nc2cccc(N(C)S(C)(=O)=O)c2)cc1C. The zero-order chi connectivity index (χ0) is 17.2. The van der Waals surface area contributed by atoms with Crippen LogP contribution in [0.5, 0.6) is 0 Å². The minimum Gasteiger partial charge on any atom is -0.322 e. The molecule has 0 unspecified atom stereocenters. The van der Waals surface area contributed by atoms with E-state index in [1.165, 1.54) is 11.4 Å². The topological polar surface area (TPSA) is 66.5 Å². The van der Waals surface area contributed by atoms with Gasteiger partial charge in [0.2, 0.25) is 10.0 Å². The third-order valence-corrected chi connectivity index (χ3v) is 4.94. The minimum absolute atomic E-state index is 0.229. The third-order valence-electron chi connectivity index (χ3n) is 3.73. The normalized spacial score (nSPS) is 11.1. The Morgan fingerprint density at radius 2 is 1.74 bits per heavy atom. The summed E-state index contributed by atoms with van der Waals surface area (Å²) in [5.41, 5.74) is 3.77. The number of carbonyl (C=O) groups is 1. The summed E-state index contributed by atoms with van der Waals surface area (Å²) in [5.74, 6) is -0.229. The van der Waals surface area contributed by atoms with Gasteiger partial charge in [-0.05, 0) is 55.3 Å². The number of aryl methyl sites for hydroxylation is 2. The summed E-state index contributed by atoms with van der Waals surface area (Å²) in [6, 6.07) is 12.2. The van der Waals surface area contributed by atoms with Crippen LogP contribution in [-0.4, -0.2) is 27.6 Å². The summed E-state index contributed by atoms with van der Waals surface area (Å²) in [5, 5.41) is 2.79. The fraction of sp³-hybridized carbons (Fsp3) is 0.235. The van der Waals surface area contributed by atoms with E-state index in [2.05, 4.69) is 5.32 Å². The molecule has 2 rings (SSSR count). The number of nitrogens with zero attached hydrogens (tertiary/aromatic N) is 1. The van der Waals surface area contributed by atoms with Crippen LogP contribution < -0.4 is 9.62 Å². The van der Waals surface area contributed by atoms with Gasteiger partial charge in [-0.2, -0.15) is 0 Å². The van der Waals surface area contributed by atoms with Crippen molar-refractivity contribution in [3.05, 3.63) is 59.2 Å².